The van der Waals surface area contributed by atoms with Crippen LogP contribution in [0.3, 0.4) is 0 Å². The normalized spacial score (nSPS) is 11.4. The van der Waals surface area contributed by atoms with Gasteiger partial charge in [-0.2, -0.15) is 18.3 Å². The van der Waals surface area contributed by atoms with Gasteiger partial charge in [0.05, 0.1) is 17.4 Å². The van der Waals surface area contributed by atoms with E-state index in [1.807, 2.05) is 0 Å². The predicted octanol–water partition coefficient (Wildman–Crippen LogP) is 2.15. The lowest BCUT2D eigenvalue weighted by Gasteiger charge is -2.12. The first-order valence-corrected chi connectivity index (χ1v) is 5.64. The molecule has 0 aliphatic carbocycles. The summed E-state index contributed by atoms with van der Waals surface area (Å²) in [4.78, 5) is 11.4. The Balaban J connectivity index is 2.62. The van der Waals surface area contributed by atoms with Crippen molar-refractivity contribution in [2.24, 2.45) is 5.84 Å². The van der Waals surface area contributed by atoms with Crippen LogP contribution in [0.1, 0.15) is 16.1 Å². The molecule has 1 amide bonds. The molecule has 0 aliphatic heterocycles. The Bertz CT molecular complexity index is 636. The lowest BCUT2D eigenvalue weighted by Crippen LogP contribution is -2.31. The second-order valence-corrected chi connectivity index (χ2v) is 4.20. The van der Waals surface area contributed by atoms with Gasteiger partial charge in [0.2, 0.25) is 0 Å². The van der Waals surface area contributed by atoms with Gasteiger partial charge in [0, 0.05) is 5.02 Å². The number of hydrazine groups is 1. The van der Waals surface area contributed by atoms with Crippen molar-refractivity contribution >= 4 is 17.5 Å². The van der Waals surface area contributed by atoms with E-state index in [0.717, 1.165) is 6.20 Å². The lowest BCUT2D eigenvalue weighted by molar-refractivity contribution is -0.143. The van der Waals surface area contributed by atoms with E-state index in [9.17, 15) is 18.0 Å². The molecule has 0 saturated heterocycles. The summed E-state index contributed by atoms with van der Waals surface area (Å²) in [7, 11) is 0. The van der Waals surface area contributed by atoms with Crippen LogP contribution in [0.2, 0.25) is 5.02 Å². The molecule has 1 aromatic heterocycles. The fourth-order valence-electron chi connectivity index (χ4n) is 1.64. The van der Waals surface area contributed by atoms with E-state index < -0.39 is 23.3 Å². The molecule has 0 spiro atoms. The summed E-state index contributed by atoms with van der Waals surface area (Å²) < 4.78 is 39.9. The first kappa shape index (κ1) is 14.4. The second-order valence-electron chi connectivity index (χ2n) is 3.77. The Kier molecular flexibility index (Phi) is 3.69. The SMILES string of the molecule is NNC(=O)c1cnn(-c2ccc(Cl)cc2)c1C(F)(F)F. The largest absolute Gasteiger partial charge is 0.434 e. The number of amides is 1. The Hall–Kier alpha value is -2.06. The van der Waals surface area contributed by atoms with Crippen molar-refractivity contribution in [1.82, 2.24) is 15.2 Å². The van der Waals surface area contributed by atoms with Gasteiger partial charge in [-0.1, -0.05) is 11.6 Å². The highest BCUT2D eigenvalue weighted by Gasteiger charge is 2.40. The van der Waals surface area contributed by atoms with Crippen molar-refractivity contribution in [2.75, 3.05) is 0 Å². The molecule has 3 N–H and O–H groups in total. The Morgan fingerprint density at radius 3 is 2.40 bits per heavy atom. The number of hydrogen-bond donors (Lipinski definition) is 2. The first-order chi connectivity index (χ1) is 9.34. The van der Waals surface area contributed by atoms with Crippen LogP contribution in [0, 0.1) is 0 Å². The molecule has 0 saturated carbocycles. The van der Waals surface area contributed by atoms with Gasteiger partial charge in [-0.15, -0.1) is 0 Å². The van der Waals surface area contributed by atoms with Gasteiger partial charge < -0.3 is 0 Å². The molecule has 2 aromatic rings. The number of nitrogens with one attached hydrogen (secondary N) is 1. The maximum Gasteiger partial charge on any atom is 0.434 e. The number of nitrogen functional groups attached to an aromatic ring is 1. The minimum atomic E-state index is -4.77. The van der Waals surface area contributed by atoms with Crippen LogP contribution in [0.15, 0.2) is 30.5 Å². The molecule has 0 aliphatic rings. The topological polar surface area (TPSA) is 72.9 Å². The molecule has 106 valence electrons. The molecular weight excluding hydrogens is 297 g/mol. The summed E-state index contributed by atoms with van der Waals surface area (Å²) in [5.41, 5.74) is -0.0860. The van der Waals surface area contributed by atoms with Crippen LogP contribution >= 0.6 is 11.6 Å². The van der Waals surface area contributed by atoms with Gasteiger partial charge in [0.1, 0.15) is 0 Å². The average molecular weight is 305 g/mol. The average Bonchev–Trinajstić information content (AvgIpc) is 2.83. The first-order valence-electron chi connectivity index (χ1n) is 5.26. The van der Waals surface area contributed by atoms with Crippen LogP contribution in [0.4, 0.5) is 13.2 Å². The standard InChI is InChI=1S/C11H8ClF3N4O/c12-6-1-3-7(4-2-6)19-9(11(13,14)15)8(5-17-19)10(20)18-16/h1-5H,16H2,(H,18,20). The van der Waals surface area contributed by atoms with E-state index >= 15 is 0 Å². The molecule has 0 unspecified atom stereocenters. The zero-order valence-corrected chi connectivity index (χ0v) is 10.5. The number of nitrogens with zero attached hydrogens (tertiary/aromatic N) is 2. The van der Waals surface area contributed by atoms with E-state index in [0.29, 0.717) is 9.70 Å². The summed E-state index contributed by atoms with van der Waals surface area (Å²) in [6, 6.07) is 5.55. The molecule has 0 bridgehead atoms. The van der Waals surface area contributed by atoms with Gasteiger partial charge >= 0.3 is 6.18 Å². The molecule has 5 nitrogen and oxygen atoms in total. The fourth-order valence-corrected chi connectivity index (χ4v) is 1.77. The van der Waals surface area contributed by atoms with Crippen LogP contribution in [-0.2, 0) is 6.18 Å². The molecule has 9 heteroatoms. The predicted molar refractivity (Wildman–Crippen MR) is 65.2 cm³/mol. The smallest absolute Gasteiger partial charge is 0.290 e. The monoisotopic (exact) mass is 304 g/mol. The number of hydrogen-bond acceptors (Lipinski definition) is 3. The van der Waals surface area contributed by atoms with Gasteiger partial charge in [-0.25, -0.2) is 10.5 Å². The summed E-state index contributed by atoms with van der Waals surface area (Å²) in [5.74, 6) is 3.79. The third-order valence-corrected chi connectivity index (χ3v) is 2.74. The number of aromatic nitrogens is 2. The Labute approximate surface area is 116 Å². The highest BCUT2D eigenvalue weighted by Crippen LogP contribution is 2.33. The van der Waals surface area contributed by atoms with Crippen molar-refractivity contribution in [3.8, 4) is 5.69 Å². The van der Waals surface area contributed by atoms with Crippen LogP contribution in [-0.4, -0.2) is 15.7 Å². The maximum absolute atomic E-state index is 13.1. The summed E-state index contributed by atoms with van der Waals surface area (Å²) in [6.45, 7) is 0. The molecular formula is C11H8ClF3N4O. The third-order valence-electron chi connectivity index (χ3n) is 2.48. The molecule has 0 atom stereocenters. The zero-order valence-electron chi connectivity index (χ0n) is 9.78. The summed E-state index contributed by atoms with van der Waals surface area (Å²) in [6.07, 6.45) is -3.96. The van der Waals surface area contributed by atoms with E-state index in [-0.39, 0.29) is 5.69 Å². The van der Waals surface area contributed by atoms with Crippen LogP contribution in [0.5, 0.6) is 0 Å². The summed E-state index contributed by atoms with van der Waals surface area (Å²) >= 11 is 5.67. The number of nitrogens with two attached hydrogens (primary N) is 1. The Morgan fingerprint density at radius 1 is 1.30 bits per heavy atom. The van der Waals surface area contributed by atoms with E-state index in [1.165, 1.54) is 24.3 Å². The third kappa shape index (κ3) is 2.61. The van der Waals surface area contributed by atoms with Crippen molar-refractivity contribution in [3.63, 3.8) is 0 Å². The Morgan fingerprint density at radius 2 is 1.90 bits per heavy atom. The van der Waals surface area contributed by atoms with E-state index in [2.05, 4.69) is 5.10 Å². The molecule has 20 heavy (non-hydrogen) atoms. The minimum absolute atomic E-state index is 0.123. The van der Waals surface area contributed by atoms with Crippen LogP contribution in [0.25, 0.3) is 5.69 Å². The number of halogens is 4. The number of alkyl halides is 3. The van der Waals surface area contributed by atoms with Crippen molar-refractivity contribution in [2.45, 2.75) is 6.18 Å². The van der Waals surface area contributed by atoms with Crippen molar-refractivity contribution in [1.29, 1.82) is 0 Å². The molecule has 0 radical (unpaired) electrons. The van der Waals surface area contributed by atoms with Gasteiger partial charge in [0.25, 0.3) is 5.91 Å². The number of carbonyl (C=O) groups is 1. The second kappa shape index (κ2) is 5.14. The molecule has 1 aromatic carbocycles. The van der Waals surface area contributed by atoms with Gasteiger partial charge in [-0.05, 0) is 24.3 Å². The fraction of sp³-hybridized carbons (Fsp3) is 0.0909. The summed E-state index contributed by atoms with van der Waals surface area (Å²) in [5, 5.41) is 3.96. The zero-order chi connectivity index (χ0) is 14.9. The van der Waals surface area contributed by atoms with E-state index in [1.54, 1.807) is 5.43 Å². The minimum Gasteiger partial charge on any atom is -0.290 e. The van der Waals surface area contributed by atoms with Crippen LogP contribution < -0.4 is 11.3 Å². The highest BCUT2D eigenvalue weighted by molar-refractivity contribution is 6.30. The lowest BCUT2D eigenvalue weighted by atomic mass is 10.2. The van der Waals surface area contributed by atoms with Gasteiger partial charge in [-0.3, -0.25) is 10.2 Å². The van der Waals surface area contributed by atoms with Crippen molar-refractivity contribution < 1.29 is 18.0 Å². The quantitative estimate of drug-likeness (QED) is 0.507. The molecule has 1 heterocycles. The molecule has 0 fully saturated rings. The van der Waals surface area contributed by atoms with Gasteiger partial charge in [0.15, 0.2) is 5.69 Å². The maximum atomic E-state index is 13.1. The number of benzene rings is 1. The van der Waals surface area contributed by atoms with Crippen molar-refractivity contribution in [3.05, 3.63) is 46.7 Å². The number of rotatable bonds is 2. The number of carbonyl (C=O) groups excluding carboxylic acids is 1. The highest BCUT2D eigenvalue weighted by atomic mass is 35.5. The van der Waals surface area contributed by atoms with E-state index in [4.69, 9.17) is 17.4 Å². The molecule has 2 rings (SSSR count).